The van der Waals surface area contributed by atoms with Crippen LogP contribution in [0.3, 0.4) is 0 Å². The number of aryl methyl sites for hydroxylation is 4. The number of rotatable bonds is 5. The number of nitrogens with zero attached hydrogens (tertiary/aromatic N) is 4. The predicted molar refractivity (Wildman–Crippen MR) is 184 cm³/mol. The number of hydrogen-bond acceptors (Lipinski definition) is 9. The van der Waals surface area contributed by atoms with Gasteiger partial charge in [-0.2, -0.15) is 9.59 Å². The average Bonchev–Trinajstić information content (AvgIpc) is 3.63. The summed E-state index contributed by atoms with van der Waals surface area (Å²) in [4.78, 5) is 67.4. The van der Waals surface area contributed by atoms with Crippen LogP contribution in [0.4, 0.5) is 22.7 Å². The molecule has 0 bridgehead atoms. The van der Waals surface area contributed by atoms with Gasteiger partial charge < -0.3 is 9.64 Å². The Balaban J connectivity index is 0.000000209. The van der Waals surface area contributed by atoms with E-state index in [1.807, 2.05) is 76.2 Å². The second-order valence-corrected chi connectivity index (χ2v) is 12.1. The summed E-state index contributed by atoms with van der Waals surface area (Å²) in [6.45, 7) is 9.26. The van der Waals surface area contributed by atoms with Crippen molar-refractivity contribution in [1.29, 1.82) is 0 Å². The minimum atomic E-state index is -0.510. The third kappa shape index (κ3) is 7.34. The highest BCUT2D eigenvalue weighted by atomic mass is 16.6. The van der Waals surface area contributed by atoms with Crippen LogP contribution >= 0.6 is 0 Å². The molecular weight excluding hydrogens is 644 g/mol. The summed E-state index contributed by atoms with van der Waals surface area (Å²) in [7, 11) is 1.53. The highest BCUT2D eigenvalue weighted by molar-refractivity contribution is 6.11. The molecule has 2 atom stereocenters. The average molecular weight is 681 g/mol. The zero-order valence-corrected chi connectivity index (χ0v) is 28.5. The largest absolute Gasteiger partial charge is 0.373 e. The zero-order chi connectivity index (χ0) is 36.9. The Morgan fingerprint density at radius 1 is 0.700 bits per heavy atom. The van der Waals surface area contributed by atoms with E-state index >= 15 is 0 Å². The van der Waals surface area contributed by atoms with E-state index in [0.717, 1.165) is 51.2 Å². The van der Waals surface area contributed by atoms with Gasteiger partial charge in [0, 0.05) is 37.4 Å². The maximum absolute atomic E-state index is 13.1. The van der Waals surface area contributed by atoms with E-state index in [9.17, 15) is 29.8 Å². The molecule has 0 radical (unpaired) electrons. The first kappa shape index (κ1) is 36.8. The summed E-state index contributed by atoms with van der Waals surface area (Å²) < 4.78 is 5.44. The number of carbonyl (C=O) groups is 2. The SMILES string of the molecule is CO[C@@H]1Cc2ccccc2N1C(=O)c1cc(C)c(C)cc1[N+](=O)[O-].Cc1cc(C(=O)N2c3ccccc3C[C@H]2C)c([N+](=O)[O-])cc1C.O=C=O. The topological polar surface area (TPSA) is 170 Å². The van der Waals surface area contributed by atoms with Gasteiger partial charge in [0.15, 0.2) is 0 Å². The molecule has 0 spiro atoms. The Morgan fingerprint density at radius 2 is 1.08 bits per heavy atom. The van der Waals surface area contributed by atoms with E-state index in [0.29, 0.717) is 6.42 Å². The smallest absolute Gasteiger partial charge is 0.361 e. The quantitative estimate of drug-likeness (QED) is 0.166. The number of ether oxygens (including phenoxy) is 1. The number of hydrogen-bond donors (Lipinski definition) is 0. The lowest BCUT2D eigenvalue weighted by molar-refractivity contribution is -0.385. The molecule has 0 saturated carbocycles. The Kier molecular flexibility index (Phi) is 11.4. The van der Waals surface area contributed by atoms with E-state index in [2.05, 4.69) is 0 Å². The van der Waals surface area contributed by atoms with Crippen LogP contribution < -0.4 is 9.80 Å². The Labute approximate surface area is 288 Å². The van der Waals surface area contributed by atoms with Gasteiger partial charge >= 0.3 is 6.15 Å². The summed E-state index contributed by atoms with van der Waals surface area (Å²) in [5, 5.41) is 22.8. The molecule has 4 aromatic carbocycles. The first-order chi connectivity index (χ1) is 23.7. The molecule has 6 rings (SSSR count). The van der Waals surface area contributed by atoms with Gasteiger partial charge in [-0.05, 0) is 98.7 Å². The van der Waals surface area contributed by atoms with Crippen LogP contribution in [0.5, 0.6) is 0 Å². The molecule has 0 aliphatic carbocycles. The Morgan fingerprint density at radius 3 is 1.52 bits per heavy atom. The number of methoxy groups -OCH3 is 1. The molecular formula is C37H36N4O9. The highest BCUT2D eigenvalue weighted by Gasteiger charge is 2.37. The molecule has 0 aromatic heterocycles. The summed E-state index contributed by atoms with van der Waals surface area (Å²) in [5.74, 6) is -0.723. The second-order valence-electron chi connectivity index (χ2n) is 12.1. The van der Waals surface area contributed by atoms with E-state index in [-0.39, 0.29) is 40.6 Å². The van der Waals surface area contributed by atoms with Crippen LogP contribution in [-0.2, 0) is 27.2 Å². The molecule has 2 aliphatic heterocycles. The Bertz CT molecular complexity index is 2020. The third-order valence-electron chi connectivity index (χ3n) is 8.93. The number of carbonyl (C=O) groups excluding carboxylic acids is 4. The molecule has 0 fully saturated rings. The van der Waals surface area contributed by atoms with Crippen molar-refractivity contribution in [2.45, 2.75) is 59.7 Å². The number of fused-ring (bicyclic) bond motifs is 2. The van der Waals surface area contributed by atoms with Crippen LogP contribution in [0.25, 0.3) is 0 Å². The fraction of sp³-hybridized carbons (Fsp3) is 0.270. The van der Waals surface area contributed by atoms with Crippen LogP contribution in [-0.4, -0.2) is 47.2 Å². The summed E-state index contributed by atoms with van der Waals surface area (Å²) in [6, 6.07) is 21.4. The van der Waals surface area contributed by atoms with E-state index < -0.39 is 22.0 Å². The van der Waals surface area contributed by atoms with Crippen molar-refractivity contribution < 1.29 is 33.8 Å². The molecule has 258 valence electrons. The van der Waals surface area contributed by atoms with Crippen molar-refractivity contribution in [3.05, 3.63) is 138 Å². The van der Waals surface area contributed by atoms with Crippen molar-refractivity contribution in [3.63, 3.8) is 0 Å². The molecule has 2 amide bonds. The van der Waals surface area contributed by atoms with E-state index in [4.69, 9.17) is 14.3 Å². The molecule has 2 aliphatic rings. The van der Waals surface area contributed by atoms with E-state index in [1.54, 1.807) is 24.0 Å². The van der Waals surface area contributed by atoms with Crippen LogP contribution in [0.1, 0.15) is 61.0 Å². The van der Waals surface area contributed by atoms with Crippen LogP contribution in [0.2, 0.25) is 0 Å². The summed E-state index contributed by atoms with van der Waals surface area (Å²) >= 11 is 0. The monoisotopic (exact) mass is 680 g/mol. The summed E-state index contributed by atoms with van der Waals surface area (Å²) in [5.41, 5.74) is 6.90. The lowest BCUT2D eigenvalue weighted by atomic mass is 10.0. The third-order valence-corrected chi connectivity index (χ3v) is 8.93. The molecule has 4 aromatic rings. The second kappa shape index (κ2) is 15.5. The van der Waals surface area contributed by atoms with Crippen molar-refractivity contribution in [2.75, 3.05) is 16.9 Å². The number of anilines is 2. The number of amides is 2. The molecule has 13 heteroatoms. The number of nitro benzene ring substituents is 2. The molecule has 0 saturated heterocycles. The standard InChI is InChI=1S/C18H18N2O4.C18H18N2O3.CO2/c1-11-8-14(16(20(22)23)9-12(11)2)18(21)19-15-7-5-4-6-13(15)10-17(19)24-3;1-11-8-15(17(20(22)23)9-12(11)2)18(21)19-13(3)10-14-6-4-5-7-16(14)19;2-1-3/h4-9,17H,10H2,1-3H3;4-9,13H,10H2,1-3H3;/t17-;13-;/m11./s1. The lowest BCUT2D eigenvalue weighted by Gasteiger charge is -2.24. The normalized spacial score (nSPS) is 15.4. The van der Waals surface area contributed by atoms with Gasteiger partial charge in [-0.25, -0.2) is 0 Å². The van der Waals surface area contributed by atoms with Gasteiger partial charge in [0.2, 0.25) is 0 Å². The van der Waals surface area contributed by atoms with Gasteiger partial charge in [0.25, 0.3) is 23.2 Å². The predicted octanol–water partition coefficient (Wildman–Crippen LogP) is 6.61. The molecule has 0 unspecified atom stereocenters. The number of benzene rings is 4. The number of para-hydroxylation sites is 2. The van der Waals surface area contributed by atoms with Crippen molar-refractivity contribution >= 4 is 40.7 Å². The molecule has 2 heterocycles. The van der Waals surface area contributed by atoms with Crippen molar-refractivity contribution in [1.82, 2.24) is 0 Å². The van der Waals surface area contributed by atoms with E-state index in [1.165, 1.54) is 24.1 Å². The minimum Gasteiger partial charge on any atom is -0.361 e. The molecule has 50 heavy (non-hydrogen) atoms. The van der Waals surface area contributed by atoms with Gasteiger partial charge in [-0.15, -0.1) is 0 Å². The highest BCUT2D eigenvalue weighted by Crippen LogP contribution is 2.37. The maximum atomic E-state index is 13.1. The van der Waals surface area contributed by atoms with Gasteiger partial charge in [-0.1, -0.05) is 36.4 Å². The number of nitro groups is 2. The fourth-order valence-electron chi connectivity index (χ4n) is 6.16. The molecule has 0 N–H and O–H groups in total. The van der Waals surface area contributed by atoms with Gasteiger partial charge in [-0.3, -0.25) is 34.7 Å². The van der Waals surface area contributed by atoms with Crippen LogP contribution in [0.15, 0.2) is 72.8 Å². The lowest BCUT2D eigenvalue weighted by Crippen LogP contribution is -2.39. The van der Waals surface area contributed by atoms with Crippen molar-refractivity contribution in [2.24, 2.45) is 0 Å². The minimum absolute atomic E-state index is 0.0129. The fourth-order valence-corrected chi connectivity index (χ4v) is 6.16. The summed E-state index contributed by atoms with van der Waals surface area (Å²) in [6.07, 6.45) is 1.12. The Hall–Kier alpha value is -6.04. The first-order valence-corrected chi connectivity index (χ1v) is 15.6. The van der Waals surface area contributed by atoms with Gasteiger partial charge in [0.1, 0.15) is 17.4 Å². The zero-order valence-electron chi connectivity index (χ0n) is 28.5. The van der Waals surface area contributed by atoms with Gasteiger partial charge in [0.05, 0.1) is 15.5 Å². The molecule has 13 nitrogen and oxygen atoms in total. The maximum Gasteiger partial charge on any atom is 0.373 e. The van der Waals surface area contributed by atoms with Crippen LogP contribution in [0, 0.1) is 47.9 Å². The first-order valence-electron chi connectivity index (χ1n) is 15.6. The van der Waals surface area contributed by atoms with Crippen molar-refractivity contribution in [3.8, 4) is 0 Å².